The molecule has 1 heterocycles. The van der Waals surface area contributed by atoms with Crippen LogP contribution in [0.1, 0.15) is 32.1 Å². The maximum Gasteiger partial charge on any atom is 0.389 e. The number of hydrogen-bond donors (Lipinski definition) is 2. The van der Waals surface area contributed by atoms with Gasteiger partial charge < -0.3 is 10.4 Å². The van der Waals surface area contributed by atoms with Crippen molar-refractivity contribution in [2.24, 2.45) is 0 Å². The molecule has 19 heavy (non-hydrogen) atoms. The molecule has 0 radical (unpaired) electrons. The van der Waals surface area contributed by atoms with Crippen LogP contribution < -0.4 is 5.32 Å². The third-order valence-corrected chi connectivity index (χ3v) is 4.94. The summed E-state index contributed by atoms with van der Waals surface area (Å²) in [7, 11) is -3.40. The van der Waals surface area contributed by atoms with Gasteiger partial charge in [0, 0.05) is 19.0 Å². The molecular weight excluding hydrogens is 283 g/mol. The summed E-state index contributed by atoms with van der Waals surface area (Å²) < 4.78 is 58.7. The van der Waals surface area contributed by atoms with Crippen molar-refractivity contribution < 1.29 is 26.7 Å². The van der Waals surface area contributed by atoms with Crippen LogP contribution in [0.5, 0.6) is 0 Å². The Bertz CT molecular complexity index is 370. The molecule has 2 N–H and O–H groups in total. The van der Waals surface area contributed by atoms with E-state index in [1.54, 1.807) is 0 Å². The van der Waals surface area contributed by atoms with Crippen LogP contribution >= 0.6 is 0 Å². The second kappa shape index (κ2) is 6.90. The normalized spacial score (nSPS) is 24.8. The molecule has 0 amide bonds. The first-order valence-corrected chi connectivity index (χ1v) is 8.19. The van der Waals surface area contributed by atoms with Crippen molar-refractivity contribution in [2.75, 3.05) is 18.1 Å². The molecule has 1 fully saturated rings. The molecule has 1 aliphatic rings. The zero-order valence-electron chi connectivity index (χ0n) is 10.6. The number of aliphatic hydroxyl groups is 1. The van der Waals surface area contributed by atoms with Crippen molar-refractivity contribution in [1.82, 2.24) is 5.32 Å². The SMILES string of the molecule is O=S(=O)(CCCC1CC(O)CN1)CCCC(F)(F)F. The quantitative estimate of drug-likeness (QED) is 0.743. The summed E-state index contributed by atoms with van der Waals surface area (Å²) in [4.78, 5) is 0. The molecule has 0 saturated carbocycles. The Morgan fingerprint density at radius 3 is 2.37 bits per heavy atom. The van der Waals surface area contributed by atoms with Gasteiger partial charge in [0.1, 0.15) is 9.84 Å². The summed E-state index contributed by atoms with van der Waals surface area (Å²) in [5.74, 6) is -0.494. The third kappa shape index (κ3) is 7.74. The first-order chi connectivity index (χ1) is 8.68. The number of hydrogen-bond acceptors (Lipinski definition) is 4. The van der Waals surface area contributed by atoms with Crippen LogP contribution in [0.4, 0.5) is 13.2 Å². The van der Waals surface area contributed by atoms with Crippen LogP contribution in [0.25, 0.3) is 0 Å². The molecule has 0 aromatic carbocycles. The van der Waals surface area contributed by atoms with Crippen LogP contribution in [0.2, 0.25) is 0 Å². The Morgan fingerprint density at radius 1 is 1.21 bits per heavy atom. The van der Waals surface area contributed by atoms with E-state index in [4.69, 9.17) is 0 Å². The molecule has 0 aliphatic carbocycles. The molecule has 0 aromatic rings. The van der Waals surface area contributed by atoms with Gasteiger partial charge in [-0.05, 0) is 25.7 Å². The lowest BCUT2D eigenvalue weighted by molar-refractivity contribution is -0.134. The molecule has 2 atom stereocenters. The number of alkyl halides is 3. The largest absolute Gasteiger partial charge is 0.392 e. The fraction of sp³-hybridized carbons (Fsp3) is 1.00. The summed E-state index contributed by atoms with van der Waals surface area (Å²) in [5, 5.41) is 12.3. The van der Waals surface area contributed by atoms with Crippen molar-refractivity contribution in [2.45, 2.75) is 50.4 Å². The van der Waals surface area contributed by atoms with E-state index < -0.39 is 28.2 Å². The summed E-state index contributed by atoms with van der Waals surface area (Å²) in [6.45, 7) is 0.517. The highest BCUT2D eigenvalue weighted by atomic mass is 32.2. The van der Waals surface area contributed by atoms with Gasteiger partial charge in [0.05, 0.1) is 17.6 Å². The molecule has 0 aromatic heterocycles. The predicted molar refractivity (Wildman–Crippen MR) is 65.6 cm³/mol. The average Bonchev–Trinajstić information content (AvgIpc) is 2.61. The van der Waals surface area contributed by atoms with Crippen molar-refractivity contribution >= 4 is 9.84 Å². The lowest BCUT2D eigenvalue weighted by Gasteiger charge is -2.10. The van der Waals surface area contributed by atoms with Crippen LogP contribution in [-0.4, -0.2) is 49.9 Å². The smallest absolute Gasteiger partial charge is 0.389 e. The Hall–Kier alpha value is -0.340. The molecule has 1 rings (SSSR count). The molecule has 114 valence electrons. The molecule has 1 aliphatic heterocycles. The van der Waals surface area contributed by atoms with Crippen LogP contribution in [0, 0.1) is 0 Å². The lowest BCUT2D eigenvalue weighted by atomic mass is 10.1. The Morgan fingerprint density at radius 2 is 1.84 bits per heavy atom. The molecule has 1 saturated heterocycles. The van der Waals surface area contributed by atoms with Crippen LogP contribution in [0.3, 0.4) is 0 Å². The predicted octanol–water partition coefficient (Wildman–Crippen LogP) is 1.25. The first kappa shape index (κ1) is 16.7. The summed E-state index contributed by atoms with van der Waals surface area (Å²) >= 11 is 0. The van der Waals surface area contributed by atoms with Gasteiger partial charge in [-0.2, -0.15) is 13.2 Å². The van der Waals surface area contributed by atoms with Crippen LogP contribution in [0.15, 0.2) is 0 Å². The molecule has 0 bridgehead atoms. The highest BCUT2D eigenvalue weighted by molar-refractivity contribution is 7.91. The van der Waals surface area contributed by atoms with E-state index in [2.05, 4.69) is 5.32 Å². The van der Waals surface area contributed by atoms with Gasteiger partial charge in [0.25, 0.3) is 0 Å². The van der Waals surface area contributed by atoms with Crippen molar-refractivity contribution in [3.05, 3.63) is 0 Å². The van der Waals surface area contributed by atoms with Crippen LogP contribution in [-0.2, 0) is 9.84 Å². The van der Waals surface area contributed by atoms with Gasteiger partial charge >= 0.3 is 6.18 Å². The first-order valence-electron chi connectivity index (χ1n) is 6.36. The van der Waals surface area contributed by atoms with E-state index in [0.717, 1.165) is 0 Å². The van der Waals surface area contributed by atoms with Crippen molar-refractivity contribution in [1.29, 1.82) is 0 Å². The minimum absolute atomic E-state index is 0.0842. The lowest BCUT2D eigenvalue weighted by Crippen LogP contribution is -2.23. The number of sulfone groups is 1. The number of aliphatic hydroxyl groups excluding tert-OH is 1. The summed E-state index contributed by atoms with van der Waals surface area (Å²) in [6, 6.07) is 0.111. The molecule has 0 spiro atoms. The standard InChI is InChI=1S/C11H20F3NO3S/c12-11(13,14)4-2-6-19(17,18)5-1-3-9-7-10(16)8-15-9/h9-10,15-16H,1-8H2. The number of β-amino-alcohol motifs (C(OH)–C–C–N with tert-alkyl or cyclic N) is 1. The zero-order chi connectivity index (χ0) is 14.5. The number of halogens is 3. The summed E-state index contributed by atoms with van der Waals surface area (Å²) in [5.41, 5.74) is 0. The third-order valence-electron chi connectivity index (χ3n) is 3.12. The molecule has 4 nitrogen and oxygen atoms in total. The van der Waals surface area contributed by atoms with Gasteiger partial charge in [0.15, 0.2) is 0 Å². The summed E-state index contributed by atoms with van der Waals surface area (Å²) in [6.07, 6.45) is -4.45. The highest BCUT2D eigenvalue weighted by Gasteiger charge is 2.27. The highest BCUT2D eigenvalue weighted by Crippen LogP contribution is 2.22. The monoisotopic (exact) mass is 303 g/mol. The van der Waals surface area contributed by atoms with E-state index in [0.29, 0.717) is 25.8 Å². The Balaban J connectivity index is 2.16. The van der Waals surface area contributed by atoms with Crippen molar-refractivity contribution in [3.63, 3.8) is 0 Å². The fourth-order valence-corrected chi connectivity index (χ4v) is 3.56. The number of rotatable bonds is 7. The Labute approximate surface area is 111 Å². The fourth-order valence-electron chi connectivity index (χ4n) is 2.16. The molecular formula is C11H20F3NO3S. The van der Waals surface area contributed by atoms with Gasteiger partial charge in [-0.3, -0.25) is 0 Å². The van der Waals surface area contributed by atoms with E-state index in [1.165, 1.54) is 0 Å². The molecule has 8 heteroatoms. The topological polar surface area (TPSA) is 66.4 Å². The maximum absolute atomic E-state index is 11.9. The van der Waals surface area contributed by atoms with E-state index in [9.17, 15) is 26.7 Å². The van der Waals surface area contributed by atoms with E-state index in [1.807, 2.05) is 0 Å². The average molecular weight is 303 g/mol. The maximum atomic E-state index is 11.9. The van der Waals surface area contributed by atoms with Crippen molar-refractivity contribution in [3.8, 4) is 0 Å². The van der Waals surface area contributed by atoms with Gasteiger partial charge in [0.2, 0.25) is 0 Å². The number of nitrogens with one attached hydrogen (secondary N) is 1. The minimum Gasteiger partial charge on any atom is -0.392 e. The Kier molecular flexibility index (Phi) is 6.07. The van der Waals surface area contributed by atoms with Gasteiger partial charge in [-0.1, -0.05) is 0 Å². The van der Waals surface area contributed by atoms with Gasteiger partial charge in [-0.15, -0.1) is 0 Å². The second-order valence-electron chi connectivity index (χ2n) is 5.01. The van der Waals surface area contributed by atoms with E-state index in [-0.39, 0.29) is 24.3 Å². The second-order valence-corrected chi connectivity index (χ2v) is 7.31. The van der Waals surface area contributed by atoms with E-state index >= 15 is 0 Å². The van der Waals surface area contributed by atoms with Gasteiger partial charge in [-0.25, -0.2) is 8.42 Å². The zero-order valence-corrected chi connectivity index (χ0v) is 11.4. The molecule has 2 unspecified atom stereocenters. The minimum atomic E-state index is -4.29.